The Hall–Kier alpha value is -1.76. The number of benzene rings is 2. The van der Waals surface area contributed by atoms with Crippen LogP contribution in [0.25, 0.3) is 0 Å². The molecule has 0 unspecified atom stereocenters. The van der Waals surface area contributed by atoms with Gasteiger partial charge in [-0.1, -0.05) is 23.7 Å². The zero-order valence-electron chi connectivity index (χ0n) is 10.4. The van der Waals surface area contributed by atoms with Gasteiger partial charge >= 0.3 is 0 Å². The molecule has 0 saturated heterocycles. The van der Waals surface area contributed by atoms with Gasteiger partial charge in [0.05, 0.1) is 10.6 Å². The van der Waals surface area contributed by atoms with Crippen molar-refractivity contribution >= 4 is 27.3 Å². The molecule has 0 spiro atoms. The summed E-state index contributed by atoms with van der Waals surface area (Å²) in [7, 11) is -3.78. The molecular formula is C13H13ClN2O3S. The van der Waals surface area contributed by atoms with Crippen molar-refractivity contribution in [2.45, 2.75) is 11.5 Å². The topological polar surface area (TPSA) is 95.4 Å². The summed E-state index contributed by atoms with van der Waals surface area (Å²) in [5, 5.41) is 5.69. The Balaban J connectivity index is 2.19. The number of nitrogen functional groups attached to an aromatic ring is 1. The predicted molar refractivity (Wildman–Crippen MR) is 78.0 cm³/mol. The molecule has 0 atom stereocenters. The van der Waals surface area contributed by atoms with Gasteiger partial charge in [-0.25, -0.2) is 13.6 Å². The summed E-state index contributed by atoms with van der Waals surface area (Å²) in [6, 6.07) is 11.2. The summed E-state index contributed by atoms with van der Waals surface area (Å²) in [6.07, 6.45) is 0. The van der Waals surface area contributed by atoms with Crippen molar-refractivity contribution in [3.8, 4) is 5.75 Å². The van der Waals surface area contributed by atoms with E-state index in [0.717, 1.165) is 5.56 Å². The Bertz CT molecular complexity index is 715. The minimum absolute atomic E-state index is 0.0437. The third-order valence-corrected chi connectivity index (χ3v) is 3.78. The van der Waals surface area contributed by atoms with Crippen LogP contribution in [0.1, 0.15) is 5.56 Å². The fourth-order valence-electron chi connectivity index (χ4n) is 1.56. The first-order valence-corrected chi connectivity index (χ1v) is 7.58. The van der Waals surface area contributed by atoms with E-state index in [2.05, 4.69) is 0 Å². The number of rotatable bonds is 4. The second-order valence-electron chi connectivity index (χ2n) is 4.16. The molecule has 0 aliphatic rings. The molecule has 20 heavy (non-hydrogen) atoms. The highest BCUT2D eigenvalue weighted by atomic mass is 35.5. The average molecular weight is 313 g/mol. The number of halogens is 1. The average Bonchev–Trinajstić information content (AvgIpc) is 2.38. The van der Waals surface area contributed by atoms with Gasteiger partial charge in [0.25, 0.3) is 0 Å². The van der Waals surface area contributed by atoms with Crippen LogP contribution in [-0.2, 0) is 16.6 Å². The largest absolute Gasteiger partial charge is 0.487 e. The summed E-state index contributed by atoms with van der Waals surface area (Å²) in [5.74, 6) is 0.270. The van der Waals surface area contributed by atoms with Crippen LogP contribution >= 0.6 is 11.6 Å². The Morgan fingerprint density at radius 3 is 2.35 bits per heavy atom. The Labute approximate surface area is 122 Å². The predicted octanol–water partition coefficient (Wildman–Crippen LogP) is 2.15. The molecule has 0 aliphatic heterocycles. The molecule has 0 saturated carbocycles. The van der Waals surface area contributed by atoms with Crippen LogP contribution in [0.15, 0.2) is 47.4 Å². The van der Waals surface area contributed by atoms with E-state index < -0.39 is 10.0 Å². The zero-order valence-corrected chi connectivity index (χ0v) is 12.0. The van der Waals surface area contributed by atoms with Crippen molar-refractivity contribution in [2.75, 3.05) is 5.73 Å². The lowest BCUT2D eigenvalue weighted by Crippen LogP contribution is -2.12. The minimum atomic E-state index is -3.78. The SMILES string of the molecule is Nc1ccc(S(N)(=O)=O)cc1OCc1ccc(Cl)cc1. The van der Waals surface area contributed by atoms with Gasteiger partial charge in [-0.15, -0.1) is 0 Å². The second-order valence-corrected chi connectivity index (χ2v) is 6.16. The van der Waals surface area contributed by atoms with E-state index in [9.17, 15) is 8.42 Å². The maximum Gasteiger partial charge on any atom is 0.238 e. The quantitative estimate of drug-likeness (QED) is 0.845. The van der Waals surface area contributed by atoms with E-state index in [0.29, 0.717) is 10.7 Å². The third-order valence-electron chi connectivity index (χ3n) is 2.62. The lowest BCUT2D eigenvalue weighted by atomic mass is 10.2. The number of anilines is 1. The van der Waals surface area contributed by atoms with Crippen LogP contribution in [0.2, 0.25) is 5.02 Å². The van der Waals surface area contributed by atoms with Gasteiger partial charge in [-0.2, -0.15) is 0 Å². The first-order chi connectivity index (χ1) is 9.36. The number of hydrogen-bond acceptors (Lipinski definition) is 4. The lowest BCUT2D eigenvalue weighted by Gasteiger charge is -2.10. The first kappa shape index (κ1) is 14.6. The number of primary sulfonamides is 1. The van der Waals surface area contributed by atoms with Gasteiger partial charge in [-0.05, 0) is 29.8 Å². The molecule has 4 N–H and O–H groups in total. The molecule has 2 rings (SSSR count). The van der Waals surface area contributed by atoms with Gasteiger partial charge in [0, 0.05) is 11.1 Å². The maximum absolute atomic E-state index is 11.3. The number of nitrogens with two attached hydrogens (primary N) is 2. The highest BCUT2D eigenvalue weighted by Gasteiger charge is 2.11. The van der Waals surface area contributed by atoms with Gasteiger partial charge in [0.2, 0.25) is 10.0 Å². The molecule has 106 valence electrons. The van der Waals surface area contributed by atoms with E-state index in [1.54, 1.807) is 12.1 Å². The van der Waals surface area contributed by atoms with E-state index >= 15 is 0 Å². The van der Waals surface area contributed by atoms with Gasteiger partial charge < -0.3 is 10.5 Å². The fraction of sp³-hybridized carbons (Fsp3) is 0.0769. The van der Waals surface area contributed by atoms with Crippen LogP contribution in [0, 0.1) is 0 Å². The van der Waals surface area contributed by atoms with Crippen LogP contribution in [0.5, 0.6) is 5.75 Å². The second kappa shape index (κ2) is 5.70. The van der Waals surface area contributed by atoms with Gasteiger partial charge in [0.15, 0.2) is 0 Å². The summed E-state index contributed by atoms with van der Waals surface area (Å²) in [4.78, 5) is -0.0437. The zero-order chi connectivity index (χ0) is 14.8. The molecule has 0 heterocycles. The Kier molecular flexibility index (Phi) is 4.17. The standard InChI is InChI=1S/C13H13ClN2O3S/c14-10-3-1-9(2-4-10)8-19-13-7-11(20(16,17)18)5-6-12(13)15/h1-7H,8,15H2,(H2,16,17,18). The van der Waals surface area contributed by atoms with Crippen LogP contribution in [0.4, 0.5) is 5.69 Å². The molecule has 0 radical (unpaired) electrons. The van der Waals surface area contributed by atoms with E-state index in [-0.39, 0.29) is 17.3 Å². The smallest absolute Gasteiger partial charge is 0.238 e. The Morgan fingerprint density at radius 2 is 1.75 bits per heavy atom. The van der Waals surface area contributed by atoms with Gasteiger partial charge in [0.1, 0.15) is 12.4 Å². The third kappa shape index (κ3) is 3.63. The van der Waals surface area contributed by atoms with Crippen molar-refractivity contribution in [3.63, 3.8) is 0 Å². The van der Waals surface area contributed by atoms with Crippen molar-refractivity contribution in [2.24, 2.45) is 5.14 Å². The van der Waals surface area contributed by atoms with Crippen molar-refractivity contribution in [1.29, 1.82) is 0 Å². The molecule has 0 aromatic heterocycles. The van der Waals surface area contributed by atoms with E-state index in [1.165, 1.54) is 18.2 Å². The highest BCUT2D eigenvalue weighted by molar-refractivity contribution is 7.89. The normalized spacial score (nSPS) is 11.3. The van der Waals surface area contributed by atoms with E-state index in [4.69, 9.17) is 27.2 Å². The molecule has 0 aliphatic carbocycles. The Morgan fingerprint density at radius 1 is 1.10 bits per heavy atom. The summed E-state index contributed by atoms with van der Waals surface area (Å²) in [6.45, 7) is 0.245. The van der Waals surface area contributed by atoms with Crippen LogP contribution < -0.4 is 15.6 Å². The molecule has 0 amide bonds. The summed E-state index contributed by atoms with van der Waals surface area (Å²) in [5.41, 5.74) is 6.96. The first-order valence-electron chi connectivity index (χ1n) is 5.66. The van der Waals surface area contributed by atoms with Crippen molar-refractivity contribution in [1.82, 2.24) is 0 Å². The summed E-state index contributed by atoms with van der Waals surface area (Å²) >= 11 is 5.78. The molecule has 7 heteroatoms. The molecule has 0 bridgehead atoms. The van der Waals surface area contributed by atoms with E-state index in [1.807, 2.05) is 12.1 Å². The van der Waals surface area contributed by atoms with Crippen LogP contribution in [0.3, 0.4) is 0 Å². The monoisotopic (exact) mass is 312 g/mol. The van der Waals surface area contributed by atoms with Crippen molar-refractivity contribution in [3.05, 3.63) is 53.1 Å². The molecule has 0 fully saturated rings. The highest BCUT2D eigenvalue weighted by Crippen LogP contribution is 2.25. The van der Waals surface area contributed by atoms with Crippen LogP contribution in [-0.4, -0.2) is 8.42 Å². The number of sulfonamides is 1. The molecule has 2 aromatic carbocycles. The molecule has 5 nitrogen and oxygen atoms in total. The maximum atomic E-state index is 11.3. The molecular weight excluding hydrogens is 300 g/mol. The lowest BCUT2D eigenvalue weighted by molar-refractivity contribution is 0.307. The minimum Gasteiger partial charge on any atom is -0.487 e. The molecule has 2 aromatic rings. The summed E-state index contributed by atoms with van der Waals surface area (Å²) < 4.78 is 28.1. The van der Waals surface area contributed by atoms with Crippen molar-refractivity contribution < 1.29 is 13.2 Å². The number of hydrogen-bond donors (Lipinski definition) is 2. The van der Waals surface area contributed by atoms with Gasteiger partial charge in [-0.3, -0.25) is 0 Å². The fourth-order valence-corrected chi connectivity index (χ4v) is 2.21. The number of ether oxygens (including phenoxy) is 1.